The molecule has 0 fully saturated rings. The molecular weight excluding hydrogens is 254 g/mol. The SMILES string of the molecule is c1cnc2nc(NC3CCc4ncnn4C3)ccc2n1. The predicted molar refractivity (Wildman–Crippen MR) is 73.1 cm³/mol. The fraction of sp³-hybridized carbons (Fsp3) is 0.308. The smallest absolute Gasteiger partial charge is 0.180 e. The molecule has 3 aromatic rings. The van der Waals surface area contributed by atoms with Crippen molar-refractivity contribution in [3.63, 3.8) is 0 Å². The topological polar surface area (TPSA) is 81.4 Å². The lowest BCUT2D eigenvalue weighted by Gasteiger charge is -2.23. The maximum atomic E-state index is 4.48. The van der Waals surface area contributed by atoms with E-state index < -0.39 is 0 Å². The van der Waals surface area contributed by atoms with E-state index in [4.69, 9.17) is 0 Å². The van der Waals surface area contributed by atoms with Crippen molar-refractivity contribution in [3.8, 4) is 0 Å². The lowest BCUT2D eigenvalue weighted by atomic mass is 10.1. The monoisotopic (exact) mass is 267 g/mol. The number of hydrogen-bond donors (Lipinski definition) is 1. The number of nitrogens with one attached hydrogen (secondary N) is 1. The van der Waals surface area contributed by atoms with Crippen LogP contribution in [0.2, 0.25) is 0 Å². The van der Waals surface area contributed by atoms with Crippen LogP contribution in [0.25, 0.3) is 11.2 Å². The van der Waals surface area contributed by atoms with Crippen LogP contribution in [0.15, 0.2) is 30.9 Å². The van der Waals surface area contributed by atoms with Crippen molar-refractivity contribution in [2.24, 2.45) is 0 Å². The summed E-state index contributed by atoms with van der Waals surface area (Å²) in [5.74, 6) is 1.88. The zero-order valence-electron chi connectivity index (χ0n) is 10.8. The number of hydrogen-bond acceptors (Lipinski definition) is 6. The Bertz CT molecular complexity index is 751. The van der Waals surface area contributed by atoms with Crippen LogP contribution < -0.4 is 5.32 Å². The van der Waals surface area contributed by atoms with Crippen molar-refractivity contribution >= 4 is 17.0 Å². The summed E-state index contributed by atoms with van der Waals surface area (Å²) in [6.45, 7) is 0.815. The lowest BCUT2D eigenvalue weighted by molar-refractivity contribution is 0.441. The molecule has 1 aliphatic rings. The number of fused-ring (bicyclic) bond motifs is 2. The van der Waals surface area contributed by atoms with Crippen LogP contribution >= 0.6 is 0 Å². The number of pyridine rings is 1. The Morgan fingerprint density at radius 2 is 2.10 bits per heavy atom. The second-order valence-electron chi connectivity index (χ2n) is 4.83. The highest BCUT2D eigenvalue weighted by atomic mass is 15.3. The van der Waals surface area contributed by atoms with Crippen molar-refractivity contribution in [2.75, 3.05) is 5.32 Å². The molecule has 0 saturated heterocycles. The van der Waals surface area contributed by atoms with Crippen LogP contribution in [0, 0.1) is 0 Å². The van der Waals surface area contributed by atoms with Crippen LogP contribution in [0.4, 0.5) is 5.82 Å². The Morgan fingerprint density at radius 1 is 1.15 bits per heavy atom. The summed E-state index contributed by atoms with van der Waals surface area (Å²) < 4.78 is 1.95. The molecule has 3 aromatic heterocycles. The highest BCUT2D eigenvalue weighted by molar-refractivity contribution is 5.71. The Kier molecular flexibility index (Phi) is 2.55. The molecule has 0 aliphatic carbocycles. The molecule has 0 saturated carbocycles. The van der Waals surface area contributed by atoms with Crippen molar-refractivity contribution in [1.82, 2.24) is 29.7 Å². The maximum Gasteiger partial charge on any atom is 0.180 e. The van der Waals surface area contributed by atoms with Crippen molar-refractivity contribution in [2.45, 2.75) is 25.4 Å². The van der Waals surface area contributed by atoms with Crippen LogP contribution in [0.5, 0.6) is 0 Å². The summed E-state index contributed by atoms with van der Waals surface area (Å²) in [6, 6.07) is 4.18. The number of aromatic nitrogens is 6. The summed E-state index contributed by atoms with van der Waals surface area (Å²) in [6.07, 6.45) is 6.90. The van der Waals surface area contributed by atoms with Gasteiger partial charge in [0.1, 0.15) is 23.5 Å². The standard InChI is InChI=1S/C13H13N7/c1-4-12-16-8-17-20(12)7-9(1)18-11-3-2-10-13(19-11)15-6-5-14-10/h2-3,5-6,8-9H,1,4,7H2,(H,15,18,19). The van der Waals surface area contributed by atoms with E-state index in [2.05, 4.69) is 30.4 Å². The molecule has 0 bridgehead atoms. The molecule has 20 heavy (non-hydrogen) atoms. The molecule has 0 radical (unpaired) electrons. The van der Waals surface area contributed by atoms with E-state index in [1.54, 1.807) is 18.7 Å². The van der Waals surface area contributed by atoms with E-state index in [-0.39, 0.29) is 0 Å². The predicted octanol–water partition coefficient (Wildman–Crippen LogP) is 1.04. The molecular formula is C13H13N7. The average molecular weight is 267 g/mol. The first-order chi connectivity index (χ1) is 9.88. The van der Waals surface area contributed by atoms with Gasteiger partial charge >= 0.3 is 0 Å². The van der Waals surface area contributed by atoms with Gasteiger partial charge in [-0.1, -0.05) is 0 Å². The minimum absolute atomic E-state index is 0.311. The molecule has 0 aromatic carbocycles. The molecule has 1 unspecified atom stereocenters. The zero-order valence-corrected chi connectivity index (χ0v) is 10.8. The van der Waals surface area contributed by atoms with Gasteiger partial charge in [-0.15, -0.1) is 0 Å². The molecule has 7 heteroatoms. The van der Waals surface area contributed by atoms with E-state index in [1.807, 2.05) is 16.8 Å². The first kappa shape index (κ1) is 11.3. The fourth-order valence-corrected chi connectivity index (χ4v) is 2.50. The molecule has 4 heterocycles. The van der Waals surface area contributed by atoms with Crippen molar-refractivity contribution in [1.29, 1.82) is 0 Å². The third kappa shape index (κ3) is 1.97. The molecule has 1 aliphatic heterocycles. The summed E-state index contributed by atoms with van der Waals surface area (Å²) in [7, 11) is 0. The number of anilines is 1. The Morgan fingerprint density at radius 3 is 3.10 bits per heavy atom. The normalized spacial score (nSPS) is 17.9. The molecule has 7 nitrogen and oxygen atoms in total. The first-order valence-corrected chi connectivity index (χ1v) is 6.59. The van der Waals surface area contributed by atoms with Gasteiger partial charge in [-0.25, -0.2) is 19.6 Å². The summed E-state index contributed by atoms with van der Waals surface area (Å²) in [4.78, 5) is 17.2. The Labute approximate surface area is 115 Å². The van der Waals surface area contributed by atoms with Gasteiger partial charge in [-0.3, -0.25) is 4.98 Å². The largest absolute Gasteiger partial charge is 0.365 e. The maximum absolute atomic E-state index is 4.48. The van der Waals surface area contributed by atoms with Crippen LogP contribution in [-0.4, -0.2) is 35.8 Å². The van der Waals surface area contributed by atoms with E-state index in [0.29, 0.717) is 11.7 Å². The van der Waals surface area contributed by atoms with Gasteiger partial charge in [-0.2, -0.15) is 5.10 Å². The van der Waals surface area contributed by atoms with Gasteiger partial charge in [0, 0.05) is 24.9 Å². The molecule has 4 rings (SSSR count). The van der Waals surface area contributed by atoms with Gasteiger partial charge < -0.3 is 5.32 Å². The molecule has 0 spiro atoms. The van der Waals surface area contributed by atoms with E-state index in [1.165, 1.54) is 0 Å². The number of nitrogens with zero attached hydrogens (tertiary/aromatic N) is 6. The summed E-state index contributed by atoms with van der Waals surface area (Å²) >= 11 is 0. The summed E-state index contributed by atoms with van der Waals surface area (Å²) in [5.41, 5.74) is 1.47. The van der Waals surface area contributed by atoms with E-state index >= 15 is 0 Å². The lowest BCUT2D eigenvalue weighted by Crippen LogP contribution is -2.32. The quantitative estimate of drug-likeness (QED) is 0.747. The minimum Gasteiger partial charge on any atom is -0.365 e. The minimum atomic E-state index is 0.311. The highest BCUT2D eigenvalue weighted by Gasteiger charge is 2.19. The van der Waals surface area contributed by atoms with E-state index in [0.717, 1.165) is 36.5 Å². The fourth-order valence-electron chi connectivity index (χ4n) is 2.50. The third-order valence-corrected chi connectivity index (χ3v) is 3.49. The van der Waals surface area contributed by atoms with Gasteiger partial charge in [0.05, 0.1) is 6.54 Å². The summed E-state index contributed by atoms with van der Waals surface area (Å²) in [5, 5.41) is 7.66. The average Bonchev–Trinajstić information content (AvgIpc) is 2.95. The second-order valence-corrected chi connectivity index (χ2v) is 4.83. The van der Waals surface area contributed by atoms with Crippen LogP contribution in [-0.2, 0) is 13.0 Å². The van der Waals surface area contributed by atoms with E-state index in [9.17, 15) is 0 Å². The van der Waals surface area contributed by atoms with Gasteiger partial charge in [0.25, 0.3) is 0 Å². The Balaban J connectivity index is 1.56. The number of aryl methyl sites for hydroxylation is 1. The third-order valence-electron chi connectivity index (χ3n) is 3.49. The Hall–Kier alpha value is -2.57. The van der Waals surface area contributed by atoms with Crippen LogP contribution in [0.3, 0.4) is 0 Å². The van der Waals surface area contributed by atoms with Crippen molar-refractivity contribution in [3.05, 3.63) is 36.7 Å². The molecule has 0 amide bonds. The first-order valence-electron chi connectivity index (χ1n) is 6.59. The second kappa shape index (κ2) is 4.52. The van der Waals surface area contributed by atoms with Gasteiger partial charge in [-0.05, 0) is 18.6 Å². The van der Waals surface area contributed by atoms with Crippen molar-refractivity contribution < 1.29 is 0 Å². The van der Waals surface area contributed by atoms with Gasteiger partial charge in [0.15, 0.2) is 5.65 Å². The number of rotatable bonds is 2. The molecule has 1 N–H and O–H groups in total. The molecule has 100 valence electrons. The van der Waals surface area contributed by atoms with Gasteiger partial charge in [0.2, 0.25) is 0 Å². The highest BCUT2D eigenvalue weighted by Crippen LogP contribution is 2.17. The van der Waals surface area contributed by atoms with Crippen LogP contribution in [0.1, 0.15) is 12.2 Å². The molecule has 1 atom stereocenters. The zero-order chi connectivity index (χ0) is 13.4.